The average molecular weight is 413 g/mol. The number of rotatable bonds is 5. The van der Waals surface area contributed by atoms with Gasteiger partial charge in [0.05, 0.1) is 24.1 Å². The quantitative estimate of drug-likeness (QED) is 0.791. The SMILES string of the molecule is CN(Cc1ccc(NC2Cc3ccc(Cl)cc3C2)cn1)C(=O)C1CCNC(=O)C1. The number of halogens is 1. The first-order chi connectivity index (χ1) is 14.0. The standard InChI is InChI=1S/C22H25ClN4O2/c1-27(22(29)15-6-7-24-21(28)11-15)13-19-5-4-18(12-25-19)26-20-9-14-2-3-17(23)8-16(14)10-20/h2-5,8,12,15,20,26H,6-7,9-11,13H2,1H3,(H,24,28). The molecule has 2 N–H and O–H groups in total. The zero-order valence-corrected chi connectivity index (χ0v) is 17.2. The number of nitrogens with one attached hydrogen (secondary N) is 2. The highest BCUT2D eigenvalue weighted by molar-refractivity contribution is 6.30. The van der Waals surface area contributed by atoms with Gasteiger partial charge in [0.15, 0.2) is 0 Å². The molecule has 152 valence electrons. The van der Waals surface area contributed by atoms with E-state index in [2.05, 4.69) is 21.7 Å². The number of benzene rings is 1. The van der Waals surface area contributed by atoms with Crippen molar-refractivity contribution < 1.29 is 9.59 Å². The molecule has 2 aliphatic rings. The molecule has 6 nitrogen and oxygen atoms in total. The van der Waals surface area contributed by atoms with Crippen LogP contribution in [0.5, 0.6) is 0 Å². The van der Waals surface area contributed by atoms with Gasteiger partial charge in [-0.15, -0.1) is 0 Å². The molecule has 0 saturated carbocycles. The number of amides is 2. The van der Waals surface area contributed by atoms with Gasteiger partial charge in [0.2, 0.25) is 11.8 Å². The van der Waals surface area contributed by atoms with Crippen LogP contribution in [0.15, 0.2) is 36.5 Å². The molecule has 1 aliphatic carbocycles. The molecular formula is C22H25ClN4O2. The molecule has 29 heavy (non-hydrogen) atoms. The third-order valence-electron chi connectivity index (χ3n) is 5.67. The topological polar surface area (TPSA) is 74.3 Å². The Morgan fingerprint density at radius 1 is 1.24 bits per heavy atom. The Labute approximate surface area is 175 Å². The number of carbonyl (C=O) groups excluding carboxylic acids is 2. The molecule has 2 amide bonds. The highest BCUT2D eigenvalue weighted by Gasteiger charge is 2.28. The molecule has 0 bridgehead atoms. The van der Waals surface area contributed by atoms with Crippen molar-refractivity contribution in [3.8, 4) is 0 Å². The molecule has 0 radical (unpaired) electrons. The first-order valence-electron chi connectivity index (χ1n) is 9.98. The van der Waals surface area contributed by atoms with Gasteiger partial charge in [0.1, 0.15) is 0 Å². The van der Waals surface area contributed by atoms with Crippen molar-refractivity contribution in [3.05, 3.63) is 58.4 Å². The Hall–Kier alpha value is -2.60. The fraction of sp³-hybridized carbons (Fsp3) is 0.409. The first-order valence-corrected chi connectivity index (χ1v) is 10.4. The van der Waals surface area contributed by atoms with Crippen LogP contribution >= 0.6 is 11.6 Å². The van der Waals surface area contributed by atoms with Crippen molar-refractivity contribution in [1.82, 2.24) is 15.2 Å². The van der Waals surface area contributed by atoms with E-state index in [0.29, 0.717) is 25.6 Å². The van der Waals surface area contributed by atoms with Crippen LogP contribution in [-0.4, -0.2) is 41.3 Å². The van der Waals surface area contributed by atoms with Crippen LogP contribution in [0, 0.1) is 5.92 Å². The smallest absolute Gasteiger partial charge is 0.226 e. The monoisotopic (exact) mass is 412 g/mol. The van der Waals surface area contributed by atoms with Crippen LogP contribution < -0.4 is 10.6 Å². The van der Waals surface area contributed by atoms with Gasteiger partial charge in [-0.2, -0.15) is 0 Å². The zero-order valence-electron chi connectivity index (χ0n) is 16.5. The highest BCUT2D eigenvalue weighted by Crippen LogP contribution is 2.27. The fourth-order valence-corrected chi connectivity index (χ4v) is 4.35. The van der Waals surface area contributed by atoms with Gasteiger partial charge in [-0.3, -0.25) is 14.6 Å². The summed E-state index contributed by atoms with van der Waals surface area (Å²) < 4.78 is 0. The molecule has 2 unspecified atom stereocenters. The summed E-state index contributed by atoms with van der Waals surface area (Å²) in [4.78, 5) is 30.3. The number of carbonyl (C=O) groups is 2. The summed E-state index contributed by atoms with van der Waals surface area (Å²) in [5.41, 5.74) is 4.44. The lowest BCUT2D eigenvalue weighted by molar-refractivity contribution is -0.139. The molecule has 0 spiro atoms. The van der Waals surface area contributed by atoms with Crippen LogP contribution in [0.1, 0.15) is 29.7 Å². The second kappa shape index (κ2) is 8.41. The van der Waals surface area contributed by atoms with E-state index in [1.54, 1.807) is 11.9 Å². The number of aromatic nitrogens is 1. The van der Waals surface area contributed by atoms with E-state index in [1.807, 2.05) is 30.5 Å². The molecule has 1 fully saturated rings. The van der Waals surface area contributed by atoms with E-state index >= 15 is 0 Å². The van der Waals surface area contributed by atoms with E-state index in [0.717, 1.165) is 29.2 Å². The van der Waals surface area contributed by atoms with Crippen LogP contribution in [0.3, 0.4) is 0 Å². The minimum Gasteiger partial charge on any atom is -0.380 e. The summed E-state index contributed by atoms with van der Waals surface area (Å²) in [6.07, 6.45) is 4.70. The summed E-state index contributed by atoms with van der Waals surface area (Å²) in [6, 6.07) is 10.4. The Kier molecular flexibility index (Phi) is 5.72. The molecular weight excluding hydrogens is 388 g/mol. The van der Waals surface area contributed by atoms with Gasteiger partial charge < -0.3 is 15.5 Å². The van der Waals surface area contributed by atoms with E-state index in [4.69, 9.17) is 11.6 Å². The maximum Gasteiger partial charge on any atom is 0.226 e. The van der Waals surface area contributed by atoms with E-state index < -0.39 is 0 Å². The summed E-state index contributed by atoms with van der Waals surface area (Å²) in [6.45, 7) is 1.00. The molecule has 4 rings (SSSR count). The average Bonchev–Trinajstić information content (AvgIpc) is 3.10. The Balaban J connectivity index is 1.31. The van der Waals surface area contributed by atoms with Crippen LogP contribution in [0.4, 0.5) is 5.69 Å². The summed E-state index contributed by atoms with van der Waals surface area (Å²) in [5.74, 6) is -0.272. The van der Waals surface area contributed by atoms with Crippen LogP contribution in [0.2, 0.25) is 5.02 Å². The Morgan fingerprint density at radius 3 is 2.83 bits per heavy atom. The predicted molar refractivity (Wildman–Crippen MR) is 113 cm³/mol. The van der Waals surface area contributed by atoms with E-state index in [-0.39, 0.29) is 24.2 Å². The lowest BCUT2D eigenvalue weighted by atomic mass is 9.96. The lowest BCUT2D eigenvalue weighted by Gasteiger charge is -2.26. The number of piperidine rings is 1. The van der Waals surface area contributed by atoms with Gasteiger partial charge in [-0.1, -0.05) is 17.7 Å². The van der Waals surface area contributed by atoms with Gasteiger partial charge in [-0.25, -0.2) is 0 Å². The molecule has 2 atom stereocenters. The van der Waals surface area contributed by atoms with Gasteiger partial charge in [0, 0.05) is 37.0 Å². The number of pyridine rings is 1. The van der Waals surface area contributed by atoms with Gasteiger partial charge in [0.25, 0.3) is 0 Å². The molecule has 1 aromatic carbocycles. The van der Waals surface area contributed by atoms with Crippen molar-refractivity contribution >= 4 is 29.1 Å². The number of hydrogen-bond acceptors (Lipinski definition) is 4. The number of hydrogen-bond donors (Lipinski definition) is 2. The predicted octanol–water partition coefficient (Wildman–Crippen LogP) is 2.80. The van der Waals surface area contributed by atoms with Crippen molar-refractivity contribution in [1.29, 1.82) is 0 Å². The van der Waals surface area contributed by atoms with Crippen molar-refractivity contribution in [3.63, 3.8) is 0 Å². The zero-order chi connectivity index (χ0) is 20.4. The third-order valence-corrected chi connectivity index (χ3v) is 5.90. The van der Waals surface area contributed by atoms with Crippen molar-refractivity contribution in [2.45, 2.75) is 38.3 Å². The second-order valence-electron chi connectivity index (χ2n) is 7.93. The fourth-order valence-electron chi connectivity index (χ4n) is 4.16. The molecule has 2 aromatic rings. The van der Waals surface area contributed by atoms with Gasteiger partial charge >= 0.3 is 0 Å². The number of fused-ring (bicyclic) bond motifs is 1. The first kappa shape index (κ1) is 19.7. The summed E-state index contributed by atoms with van der Waals surface area (Å²) >= 11 is 6.09. The number of anilines is 1. The third kappa shape index (κ3) is 4.70. The highest BCUT2D eigenvalue weighted by atomic mass is 35.5. The normalized spacial score (nSPS) is 20.7. The van der Waals surface area contributed by atoms with E-state index in [1.165, 1.54) is 11.1 Å². The maximum atomic E-state index is 12.6. The summed E-state index contributed by atoms with van der Waals surface area (Å²) in [7, 11) is 1.77. The summed E-state index contributed by atoms with van der Waals surface area (Å²) in [5, 5.41) is 7.08. The van der Waals surface area contributed by atoms with E-state index in [9.17, 15) is 9.59 Å². The molecule has 1 aliphatic heterocycles. The molecule has 2 heterocycles. The second-order valence-corrected chi connectivity index (χ2v) is 8.37. The minimum atomic E-state index is -0.229. The minimum absolute atomic E-state index is 0.00577. The van der Waals surface area contributed by atoms with Crippen molar-refractivity contribution in [2.75, 3.05) is 18.9 Å². The van der Waals surface area contributed by atoms with Gasteiger partial charge in [-0.05, 0) is 54.7 Å². The lowest BCUT2D eigenvalue weighted by Crippen LogP contribution is -2.41. The van der Waals surface area contributed by atoms with Crippen LogP contribution in [0.25, 0.3) is 0 Å². The molecule has 7 heteroatoms. The van der Waals surface area contributed by atoms with Crippen molar-refractivity contribution in [2.24, 2.45) is 5.92 Å². The Morgan fingerprint density at radius 2 is 2.07 bits per heavy atom. The van der Waals surface area contributed by atoms with Crippen LogP contribution in [-0.2, 0) is 29.0 Å². The number of nitrogens with zero attached hydrogens (tertiary/aromatic N) is 2. The Bertz CT molecular complexity index is 916. The largest absolute Gasteiger partial charge is 0.380 e. The molecule has 1 aromatic heterocycles. The molecule has 1 saturated heterocycles. The maximum absolute atomic E-state index is 12.6.